The van der Waals surface area contributed by atoms with Crippen molar-refractivity contribution in [2.24, 2.45) is 21.7 Å². The maximum absolute atomic E-state index is 12.5. The molecule has 6 atom stereocenters. The van der Waals surface area contributed by atoms with Crippen molar-refractivity contribution in [3.8, 4) is 11.5 Å². The van der Waals surface area contributed by atoms with Crippen LogP contribution in [0.5, 0.6) is 11.5 Å². The van der Waals surface area contributed by atoms with Gasteiger partial charge in [0, 0.05) is 71.0 Å². The highest BCUT2D eigenvalue weighted by Crippen LogP contribution is 2.45. The lowest BCUT2D eigenvalue weighted by Gasteiger charge is -2.26. The summed E-state index contributed by atoms with van der Waals surface area (Å²) in [5.74, 6) is -6.29. The van der Waals surface area contributed by atoms with E-state index in [9.17, 15) is 69.0 Å². The molecular weight excluding hydrogens is 1590 g/mol. The number of rotatable bonds is 55. The highest BCUT2D eigenvalue weighted by atomic mass is 35.5. The van der Waals surface area contributed by atoms with E-state index in [1.807, 2.05) is 67.2 Å². The molecule has 6 unspecified atom stereocenters. The first-order valence-corrected chi connectivity index (χ1v) is 47.0. The molecule has 4 aromatic rings. The topological polar surface area (TPSA) is 322 Å². The van der Waals surface area contributed by atoms with Crippen LogP contribution in [-0.4, -0.2) is 165 Å². The molecule has 4 aromatic carbocycles. The Morgan fingerprint density at radius 3 is 0.975 bits per heavy atom. The smallest absolute Gasteiger partial charge is 0.321 e. The van der Waals surface area contributed by atoms with Crippen molar-refractivity contribution >= 4 is 70.8 Å². The Bertz CT molecular complexity index is 3740. The summed E-state index contributed by atoms with van der Waals surface area (Å²) in [6, 6.07) is 28.8. The summed E-state index contributed by atoms with van der Waals surface area (Å²) in [6.45, 7) is 15.1. The van der Waals surface area contributed by atoms with Gasteiger partial charge in [0.1, 0.15) is 22.3 Å². The predicted molar refractivity (Wildman–Crippen MR) is 486 cm³/mol. The maximum atomic E-state index is 12.5. The Labute approximate surface area is 739 Å². The van der Waals surface area contributed by atoms with Gasteiger partial charge in [-0.2, -0.15) is 0 Å². The van der Waals surface area contributed by atoms with Crippen LogP contribution in [0.4, 0.5) is 0 Å². The number of aliphatic carboxylic acids is 6. The summed E-state index contributed by atoms with van der Waals surface area (Å²) in [4.78, 5) is 99.9. The van der Waals surface area contributed by atoms with E-state index >= 15 is 0 Å². The van der Waals surface area contributed by atoms with Crippen molar-refractivity contribution in [2.75, 3.05) is 47.9 Å². The highest BCUT2D eigenvalue weighted by Gasteiger charge is 2.56. The lowest BCUT2D eigenvalue weighted by Crippen LogP contribution is -2.46. The summed E-state index contributed by atoms with van der Waals surface area (Å²) in [5, 5.41) is 67.7. The number of amides is 2. The molecular formula is C98H152Cl2N6O16. The minimum Gasteiger partial charge on any atom is -0.492 e. The van der Waals surface area contributed by atoms with Crippen molar-refractivity contribution in [1.29, 1.82) is 0 Å². The fourth-order valence-electron chi connectivity index (χ4n) is 17.5. The molecule has 8 rings (SSSR count). The van der Waals surface area contributed by atoms with Gasteiger partial charge in [-0.1, -0.05) is 266 Å². The number of hydrogen-bond donors (Lipinski definition) is 9. The van der Waals surface area contributed by atoms with E-state index in [-0.39, 0.29) is 61.7 Å². The standard InChI is InChI=1S/C25H38ClNO5.C25H40N2O3.C24H36ClNO5.C24H38N2O3/c1-3-4-5-6-7-8-9-10-15-32-22-12-11-19(16-21(22)26)18-27(2)20-13-14-25(17-20,23(28)29)24(30)31;1-4-5-6-7-8-9-10-11-20-12-14-21(15-13-20)19-26-22-16-17-25(18-22,24(29)30)23(28)27(2)3;1-3-4-5-6-7-8-9-14-31-21-11-10-18(15-20(21)25)17-26(2)19-12-13-24(16-19,22(27)28)23(29)30;1-3-5-6-7-8-9-10-19-11-13-20(14-12-19)18-26-21-15-16-24(17-21,23(28)29)22(27)25-4-2/h11-12,16,20H,3-10,13-15,17-18H2,1-2H3,(H,28,29)(H,30,31);12-15,22,26H,4-11,16-19H2,1-3H3,(H,29,30);10-11,15,19H,3-9,12-14,16-17H2,1-2H3,(H,27,28)(H,29,30);11-14,21,26H,3-10,15-18H2,1-2H3,(H,25,27)(H,28,29). The van der Waals surface area contributed by atoms with E-state index in [2.05, 4.69) is 92.2 Å². The first-order valence-electron chi connectivity index (χ1n) is 46.3. The van der Waals surface area contributed by atoms with Crippen LogP contribution >= 0.6 is 23.2 Å². The Morgan fingerprint density at radius 1 is 0.369 bits per heavy atom. The lowest BCUT2D eigenvalue weighted by atomic mass is 9.84. The zero-order valence-electron chi connectivity index (χ0n) is 75.4. The van der Waals surface area contributed by atoms with Gasteiger partial charge in [-0.3, -0.25) is 48.2 Å². The zero-order valence-corrected chi connectivity index (χ0v) is 76.9. The van der Waals surface area contributed by atoms with E-state index in [4.69, 9.17) is 32.7 Å². The van der Waals surface area contributed by atoms with Crippen LogP contribution in [-0.2, 0) is 77.4 Å². The van der Waals surface area contributed by atoms with Gasteiger partial charge in [0.2, 0.25) is 11.8 Å². The molecule has 122 heavy (non-hydrogen) atoms. The second-order valence-corrected chi connectivity index (χ2v) is 36.1. The molecule has 0 saturated heterocycles. The lowest BCUT2D eigenvalue weighted by molar-refractivity contribution is -0.166. The molecule has 4 fully saturated rings. The monoisotopic (exact) mass is 1740 g/mol. The summed E-state index contributed by atoms with van der Waals surface area (Å²) < 4.78 is 11.7. The molecule has 0 heterocycles. The van der Waals surface area contributed by atoms with Gasteiger partial charge in [0.05, 0.1) is 23.3 Å². The highest BCUT2D eigenvalue weighted by molar-refractivity contribution is 6.32. The SMILES string of the molecule is CCCCCCCCCCOc1ccc(CN(C)C2CCC(C(=O)O)(C(=O)O)C2)cc1Cl.CCCCCCCCCOc1ccc(CN(C)C2CCC(C(=O)O)(C(=O)O)C2)cc1Cl.CCCCCCCCCc1ccc(CNC2CCC(C(=O)O)(C(=O)N(C)C)C2)cc1.CCCCCCCCc1ccc(CNC2CCC(C(=O)O)(C(=O)NCC)C2)cc1. The number of halogens is 2. The normalized spacial score (nSPS) is 19.3. The minimum atomic E-state index is -1.68. The molecule has 0 spiro atoms. The van der Waals surface area contributed by atoms with Crippen molar-refractivity contribution in [3.63, 3.8) is 0 Å². The number of carboxylic acid groups (broad SMARTS) is 6. The largest absolute Gasteiger partial charge is 0.492 e. The molecule has 0 bridgehead atoms. The number of carbonyl (C=O) groups excluding carboxylic acids is 2. The van der Waals surface area contributed by atoms with Gasteiger partial charge in [-0.25, -0.2) is 0 Å². The quantitative estimate of drug-likeness (QED) is 0.0146. The van der Waals surface area contributed by atoms with Gasteiger partial charge >= 0.3 is 35.8 Å². The number of hydrogen-bond acceptors (Lipinski definition) is 14. The minimum absolute atomic E-state index is 0.0523. The van der Waals surface area contributed by atoms with E-state index in [1.54, 1.807) is 14.1 Å². The second kappa shape index (κ2) is 56.6. The first-order chi connectivity index (χ1) is 58.5. The predicted octanol–water partition coefficient (Wildman–Crippen LogP) is 20.8. The Hall–Kier alpha value is -7.34. The third-order valence-electron chi connectivity index (χ3n) is 25.5. The number of carbonyl (C=O) groups is 8. The average Bonchev–Trinajstić information content (AvgIpc) is 1.61. The number of nitrogens with zero attached hydrogens (tertiary/aromatic N) is 3. The van der Waals surface area contributed by atoms with E-state index in [1.165, 1.54) is 194 Å². The van der Waals surface area contributed by atoms with Crippen LogP contribution < -0.4 is 25.4 Å². The van der Waals surface area contributed by atoms with Crippen LogP contribution in [0.15, 0.2) is 84.9 Å². The summed E-state index contributed by atoms with van der Waals surface area (Å²) in [5.41, 5.74) is 1.22. The molecule has 24 heteroatoms. The molecule has 22 nitrogen and oxygen atoms in total. The van der Waals surface area contributed by atoms with Crippen molar-refractivity contribution in [2.45, 2.75) is 355 Å². The van der Waals surface area contributed by atoms with E-state index in [0.717, 1.165) is 36.8 Å². The number of unbranched alkanes of at least 4 members (excludes halogenated alkanes) is 24. The van der Waals surface area contributed by atoms with Gasteiger partial charge in [0.25, 0.3) is 0 Å². The van der Waals surface area contributed by atoms with Gasteiger partial charge in [0.15, 0.2) is 10.8 Å². The fraction of sp³-hybridized carbons (Fsp3) is 0.673. The second-order valence-electron chi connectivity index (χ2n) is 35.3. The fourth-order valence-corrected chi connectivity index (χ4v) is 18.0. The van der Waals surface area contributed by atoms with Crippen LogP contribution in [0, 0.1) is 21.7 Å². The molecule has 684 valence electrons. The van der Waals surface area contributed by atoms with Gasteiger partial charge < -0.3 is 61.0 Å². The average molecular weight is 1740 g/mol. The first kappa shape index (κ1) is 105. The molecule has 0 aliphatic heterocycles. The summed E-state index contributed by atoms with van der Waals surface area (Å²) in [7, 11) is 7.04. The third-order valence-corrected chi connectivity index (χ3v) is 26.1. The van der Waals surface area contributed by atoms with Gasteiger partial charge in [-0.05, 0) is 194 Å². The van der Waals surface area contributed by atoms with Crippen molar-refractivity contribution in [1.82, 2.24) is 30.7 Å². The molecule has 2 amide bonds. The van der Waals surface area contributed by atoms with Crippen LogP contribution in [0.1, 0.15) is 325 Å². The van der Waals surface area contributed by atoms with Crippen molar-refractivity contribution in [3.05, 3.63) is 128 Å². The third kappa shape index (κ3) is 34.5. The number of ether oxygens (including phenoxy) is 2. The zero-order chi connectivity index (χ0) is 89.5. The Kier molecular flexibility index (Phi) is 48.8. The summed E-state index contributed by atoms with van der Waals surface area (Å²) in [6.07, 6.45) is 42.6. The van der Waals surface area contributed by atoms with Crippen LogP contribution in [0.25, 0.3) is 0 Å². The number of benzene rings is 4. The molecule has 0 aromatic heterocycles. The van der Waals surface area contributed by atoms with Gasteiger partial charge in [-0.15, -0.1) is 0 Å². The van der Waals surface area contributed by atoms with Crippen molar-refractivity contribution < 1.29 is 78.5 Å². The van der Waals surface area contributed by atoms with Crippen LogP contribution in [0.3, 0.4) is 0 Å². The molecule has 9 N–H and O–H groups in total. The number of nitrogens with one attached hydrogen (secondary N) is 3. The maximum Gasteiger partial charge on any atom is 0.321 e. The number of aryl methyl sites for hydroxylation is 2. The molecule has 0 radical (unpaired) electrons. The molecule has 4 saturated carbocycles. The molecule has 4 aliphatic rings. The Balaban J connectivity index is 0.000000289. The van der Waals surface area contributed by atoms with Crippen LogP contribution in [0.2, 0.25) is 10.0 Å². The van der Waals surface area contributed by atoms with E-state index < -0.39 is 57.5 Å². The van der Waals surface area contributed by atoms with E-state index in [0.29, 0.717) is 119 Å². The Morgan fingerprint density at radius 2 is 0.664 bits per heavy atom. The molecule has 4 aliphatic carbocycles. The summed E-state index contributed by atoms with van der Waals surface area (Å²) >= 11 is 12.8. The number of carboxylic acids is 6.